The largest absolute Gasteiger partial charge is 0.495 e. The van der Waals surface area contributed by atoms with E-state index in [1.54, 1.807) is 12.1 Å². The topological polar surface area (TPSA) is 43.4 Å². The van der Waals surface area contributed by atoms with Gasteiger partial charge in [0.05, 0.1) is 17.7 Å². The summed E-state index contributed by atoms with van der Waals surface area (Å²) in [6, 6.07) is 10.5. The van der Waals surface area contributed by atoms with Crippen molar-refractivity contribution in [1.29, 1.82) is 0 Å². The Morgan fingerprint density at radius 1 is 1.04 bits per heavy atom. The summed E-state index contributed by atoms with van der Waals surface area (Å²) in [6.45, 7) is 1.82. The van der Waals surface area contributed by atoms with Gasteiger partial charge in [0.25, 0.3) is 0 Å². The van der Waals surface area contributed by atoms with Gasteiger partial charge in [-0.15, -0.1) is 0 Å². The lowest BCUT2D eigenvalue weighted by Gasteiger charge is -2.24. The molecule has 3 nitrogen and oxygen atoms in total. The molecule has 1 aliphatic carbocycles. The van der Waals surface area contributed by atoms with Crippen LogP contribution in [0, 0.1) is 0 Å². The summed E-state index contributed by atoms with van der Waals surface area (Å²) in [7, 11) is 1.44. The molecule has 3 rings (SSSR count). The fourth-order valence-electron chi connectivity index (χ4n) is 3.21. The zero-order chi connectivity index (χ0) is 16.8. The molecule has 0 saturated heterocycles. The lowest BCUT2D eigenvalue weighted by Crippen LogP contribution is -2.37. The second-order valence-electron chi connectivity index (χ2n) is 5.41. The monoisotopic (exact) mass is 348 g/mol. The van der Waals surface area contributed by atoms with Crippen molar-refractivity contribution in [2.24, 2.45) is 0 Å². The lowest BCUT2D eigenvalue weighted by molar-refractivity contribution is 0.0789. The van der Waals surface area contributed by atoms with Gasteiger partial charge >= 0.3 is 0 Å². The number of halogens is 2. The van der Waals surface area contributed by atoms with Crippen LogP contribution in [-0.2, 0) is 5.41 Å². The standard InChI is InChI=1S/C18H14Cl2O3/c1-3-18(10-7-5-4-6-8-10)16(21)11-9-12(23-2)14(19)15(20)13(11)17(18)22/h4-9H,3H2,1-2H3. The van der Waals surface area contributed by atoms with E-state index in [2.05, 4.69) is 0 Å². The molecule has 0 aromatic heterocycles. The predicted octanol–water partition coefficient (Wildman–Crippen LogP) is 4.73. The highest BCUT2D eigenvalue weighted by Gasteiger charge is 2.54. The van der Waals surface area contributed by atoms with Crippen molar-refractivity contribution in [2.45, 2.75) is 18.8 Å². The molecule has 2 aromatic carbocycles. The molecule has 5 heteroatoms. The number of ketones is 2. The van der Waals surface area contributed by atoms with Crippen molar-refractivity contribution in [3.8, 4) is 5.75 Å². The Hall–Kier alpha value is -1.84. The highest BCUT2D eigenvalue weighted by Crippen LogP contribution is 2.48. The SMILES string of the molecule is CCC1(c2ccccc2)C(=O)c2cc(OC)c(Cl)c(Cl)c2C1=O. The van der Waals surface area contributed by atoms with Gasteiger partial charge in [-0.25, -0.2) is 0 Å². The van der Waals surface area contributed by atoms with Gasteiger partial charge in [-0.2, -0.15) is 0 Å². The summed E-state index contributed by atoms with van der Waals surface area (Å²) >= 11 is 12.4. The molecule has 0 radical (unpaired) electrons. The number of ether oxygens (including phenoxy) is 1. The molecule has 23 heavy (non-hydrogen) atoms. The third-order valence-electron chi connectivity index (χ3n) is 4.44. The molecule has 0 saturated carbocycles. The molecule has 1 atom stereocenters. The highest BCUT2D eigenvalue weighted by molar-refractivity contribution is 6.48. The molecule has 1 unspecified atom stereocenters. The summed E-state index contributed by atoms with van der Waals surface area (Å²) in [6.07, 6.45) is 0.347. The van der Waals surface area contributed by atoms with Crippen LogP contribution in [0.15, 0.2) is 36.4 Å². The number of carbonyl (C=O) groups is 2. The second-order valence-corrected chi connectivity index (χ2v) is 6.17. The van der Waals surface area contributed by atoms with E-state index in [0.29, 0.717) is 12.0 Å². The Kier molecular flexibility index (Phi) is 3.95. The van der Waals surface area contributed by atoms with Gasteiger partial charge in [0.15, 0.2) is 11.6 Å². The molecule has 118 valence electrons. The van der Waals surface area contributed by atoms with Gasteiger partial charge in [0.1, 0.15) is 16.2 Å². The van der Waals surface area contributed by atoms with Crippen molar-refractivity contribution in [2.75, 3.05) is 7.11 Å². The van der Waals surface area contributed by atoms with E-state index in [-0.39, 0.29) is 38.5 Å². The smallest absolute Gasteiger partial charge is 0.183 e. The van der Waals surface area contributed by atoms with Gasteiger partial charge in [0.2, 0.25) is 0 Å². The Morgan fingerprint density at radius 2 is 1.70 bits per heavy atom. The summed E-state index contributed by atoms with van der Waals surface area (Å²) < 4.78 is 5.16. The molecular weight excluding hydrogens is 335 g/mol. The molecule has 0 bridgehead atoms. The average Bonchev–Trinajstić information content (AvgIpc) is 2.80. The third-order valence-corrected chi connectivity index (χ3v) is 5.29. The third kappa shape index (κ3) is 2.03. The number of hydrogen-bond donors (Lipinski definition) is 0. The van der Waals surface area contributed by atoms with Crippen molar-refractivity contribution in [1.82, 2.24) is 0 Å². The van der Waals surface area contributed by atoms with Crippen LogP contribution in [0.1, 0.15) is 39.6 Å². The zero-order valence-electron chi connectivity index (χ0n) is 12.7. The van der Waals surface area contributed by atoms with E-state index in [1.807, 2.05) is 25.1 Å². The van der Waals surface area contributed by atoms with Crippen LogP contribution in [-0.4, -0.2) is 18.7 Å². The van der Waals surface area contributed by atoms with Gasteiger partial charge in [-0.1, -0.05) is 60.5 Å². The van der Waals surface area contributed by atoms with Gasteiger partial charge < -0.3 is 4.74 Å². The van der Waals surface area contributed by atoms with Crippen molar-refractivity contribution in [3.63, 3.8) is 0 Å². The lowest BCUT2D eigenvalue weighted by atomic mass is 9.74. The number of Topliss-reactive ketones (excluding diaryl/α,β-unsaturated/α-hetero) is 2. The minimum absolute atomic E-state index is 0.0747. The molecule has 0 aliphatic heterocycles. The second kappa shape index (κ2) is 5.66. The van der Waals surface area contributed by atoms with Crippen LogP contribution in [0.25, 0.3) is 0 Å². The highest BCUT2D eigenvalue weighted by atomic mass is 35.5. The summed E-state index contributed by atoms with van der Waals surface area (Å²) in [5.74, 6) is -0.277. The maximum Gasteiger partial charge on any atom is 0.183 e. The molecule has 0 heterocycles. The van der Waals surface area contributed by atoms with Gasteiger partial charge in [0, 0.05) is 5.56 Å². The predicted molar refractivity (Wildman–Crippen MR) is 90.1 cm³/mol. The minimum Gasteiger partial charge on any atom is -0.495 e. The minimum atomic E-state index is -1.25. The fourth-order valence-corrected chi connectivity index (χ4v) is 3.72. The van der Waals surface area contributed by atoms with E-state index in [1.165, 1.54) is 13.2 Å². The first kappa shape index (κ1) is 16.0. The van der Waals surface area contributed by atoms with Crippen LogP contribution in [0.4, 0.5) is 0 Å². The van der Waals surface area contributed by atoms with E-state index < -0.39 is 5.41 Å². The maximum atomic E-state index is 13.1. The number of benzene rings is 2. The van der Waals surface area contributed by atoms with Gasteiger partial charge in [-0.3, -0.25) is 9.59 Å². The van der Waals surface area contributed by atoms with Gasteiger partial charge in [-0.05, 0) is 18.1 Å². The maximum absolute atomic E-state index is 13.1. The summed E-state index contributed by atoms with van der Waals surface area (Å²) in [4.78, 5) is 26.2. The normalized spacial score (nSPS) is 19.8. The van der Waals surface area contributed by atoms with E-state index in [4.69, 9.17) is 27.9 Å². The van der Waals surface area contributed by atoms with E-state index in [9.17, 15) is 9.59 Å². The Bertz CT molecular complexity index is 815. The molecule has 1 aliphatic rings. The summed E-state index contributed by atoms with van der Waals surface area (Å²) in [5, 5.41) is 0.222. The van der Waals surface area contributed by atoms with Crippen LogP contribution < -0.4 is 4.74 Å². The fraction of sp³-hybridized carbons (Fsp3) is 0.222. The first-order chi connectivity index (χ1) is 11.0. The number of methoxy groups -OCH3 is 1. The van der Waals surface area contributed by atoms with Crippen LogP contribution in [0.2, 0.25) is 10.0 Å². The number of hydrogen-bond acceptors (Lipinski definition) is 3. The Morgan fingerprint density at radius 3 is 2.26 bits per heavy atom. The van der Waals surface area contributed by atoms with E-state index in [0.717, 1.165) is 0 Å². The first-order valence-electron chi connectivity index (χ1n) is 7.20. The average molecular weight is 349 g/mol. The molecule has 0 N–H and O–H groups in total. The molecule has 0 spiro atoms. The molecule has 0 amide bonds. The number of carbonyl (C=O) groups excluding carboxylic acids is 2. The molecular formula is C18H14Cl2O3. The summed E-state index contributed by atoms with van der Waals surface area (Å²) in [5.41, 5.74) is -0.122. The number of fused-ring (bicyclic) bond motifs is 1. The van der Waals surface area contributed by atoms with Crippen LogP contribution in [0.3, 0.4) is 0 Å². The molecule has 2 aromatic rings. The van der Waals surface area contributed by atoms with Crippen molar-refractivity contribution >= 4 is 34.8 Å². The first-order valence-corrected chi connectivity index (χ1v) is 7.95. The zero-order valence-corrected chi connectivity index (χ0v) is 14.2. The van der Waals surface area contributed by atoms with Crippen LogP contribution >= 0.6 is 23.2 Å². The Balaban J connectivity index is 2.31. The van der Waals surface area contributed by atoms with Crippen LogP contribution in [0.5, 0.6) is 5.75 Å². The van der Waals surface area contributed by atoms with Crippen molar-refractivity contribution < 1.29 is 14.3 Å². The van der Waals surface area contributed by atoms with Crippen molar-refractivity contribution in [3.05, 3.63) is 63.1 Å². The Labute approximate surface area is 144 Å². The molecule has 0 fully saturated rings. The number of rotatable bonds is 3. The van der Waals surface area contributed by atoms with E-state index >= 15 is 0 Å². The quantitative estimate of drug-likeness (QED) is 0.753.